The predicted octanol–water partition coefficient (Wildman–Crippen LogP) is 3.67. The van der Waals surface area contributed by atoms with Gasteiger partial charge in [-0.2, -0.15) is 0 Å². The molecule has 19 heavy (non-hydrogen) atoms. The van der Waals surface area contributed by atoms with E-state index in [1.54, 1.807) is 0 Å². The molecule has 0 aliphatic heterocycles. The number of aromatic nitrogens is 1. The highest BCUT2D eigenvalue weighted by Crippen LogP contribution is 2.30. The number of nitrogens with zero attached hydrogens (tertiary/aromatic N) is 1. The Bertz CT molecular complexity index is 732. The Morgan fingerprint density at radius 2 is 1.84 bits per heavy atom. The van der Waals surface area contributed by atoms with E-state index in [0.29, 0.717) is 6.54 Å². The van der Waals surface area contributed by atoms with Gasteiger partial charge in [-0.25, -0.2) is 0 Å². The Morgan fingerprint density at radius 3 is 2.68 bits per heavy atom. The number of benzene rings is 2. The maximum atomic E-state index is 5.84. The zero-order valence-corrected chi connectivity index (χ0v) is 10.9. The summed E-state index contributed by atoms with van der Waals surface area (Å²) in [6, 6.07) is 16.7. The minimum atomic E-state index is 0.547. The molecular weight excluding hydrogens is 232 g/mol. The third kappa shape index (κ3) is 2.11. The van der Waals surface area contributed by atoms with Crippen LogP contribution < -0.4 is 5.73 Å². The lowest BCUT2D eigenvalue weighted by atomic mass is 9.96. The van der Waals surface area contributed by atoms with Gasteiger partial charge in [0.2, 0.25) is 0 Å². The molecule has 3 rings (SSSR count). The fourth-order valence-electron chi connectivity index (χ4n) is 2.45. The van der Waals surface area contributed by atoms with Gasteiger partial charge in [0.05, 0.1) is 5.52 Å². The maximum absolute atomic E-state index is 5.84. The molecule has 0 atom stereocenters. The maximum Gasteiger partial charge on any atom is 0.0710 e. The van der Waals surface area contributed by atoms with Gasteiger partial charge in [-0.15, -0.1) is 0 Å². The largest absolute Gasteiger partial charge is 0.326 e. The minimum Gasteiger partial charge on any atom is -0.326 e. The van der Waals surface area contributed by atoms with Crippen molar-refractivity contribution < 1.29 is 0 Å². The first-order valence-corrected chi connectivity index (χ1v) is 6.43. The van der Waals surface area contributed by atoms with Crippen LogP contribution in [0.15, 0.2) is 54.7 Å². The smallest absolute Gasteiger partial charge is 0.0710 e. The third-order valence-electron chi connectivity index (χ3n) is 3.43. The number of hydrogen-bond acceptors (Lipinski definition) is 2. The van der Waals surface area contributed by atoms with Gasteiger partial charge >= 0.3 is 0 Å². The predicted molar refractivity (Wildman–Crippen MR) is 79.8 cm³/mol. The van der Waals surface area contributed by atoms with Gasteiger partial charge in [-0.3, -0.25) is 4.98 Å². The summed E-state index contributed by atoms with van der Waals surface area (Å²) < 4.78 is 0. The van der Waals surface area contributed by atoms with Gasteiger partial charge in [-0.1, -0.05) is 36.4 Å². The summed E-state index contributed by atoms with van der Waals surface area (Å²) in [5, 5.41) is 1.18. The quantitative estimate of drug-likeness (QED) is 0.751. The van der Waals surface area contributed by atoms with E-state index < -0.39 is 0 Å². The normalized spacial score (nSPS) is 10.8. The van der Waals surface area contributed by atoms with E-state index in [1.165, 1.54) is 22.1 Å². The van der Waals surface area contributed by atoms with Crippen LogP contribution in [0.3, 0.4) is 0 Å². The first-order chi connectivity index (χ1) is 9.29. The van der Waals surface area contributed by atoms with Crippen LogP contribution in [0.2, 0.25) is 0 Å². The fourth-order valence-corrected chi connectivity index (χ4v) is 2.45. The Morgan fingerprint density at radius 1 is 1.00 bits per heavy atom. The standard InChI is InChI=1S/C17H16N2/c1-12-6-7-16-15(8-9-19-17(16)10-12)14-5-3-2-4-13(14)11-18/h2-10H,11,18H2,1H3. The molecule has 0 aliphatic rings. The van der Waals surface area contributed by atoms with Crippen molar-refractivity contribution in [1.29, 1.82) is 0 Å². The van der Waals surface area contributed by atoms with Crippen LogP contribution in [0, 0.1) is 6.92 Å². The van der Waals surface area contributed by atoms with Crippen molar-refractivity contribution in [3.63, 3.8) is 0 Å². The summed E-state index contributed by atoms with van der Waals surface area (Å²) in [5.74, 6) is 0. The Hall–Kier alpha value is -2.19. The van der Waals surface area contributed by atoms with Crippen LogP contribution in [-0.4, -0.2) is 4.98 Å². The average molecular weight is 248 g/mol. The van der Waals surface area contributed by atoms with E-state index in [4.69, 9.17) is 5.73 Å². The van der Waals surface area contributed by atoms with Crippen molar-refractivity contribution in [2.45, 2.75) is 13.5 Å². The molecule has 0 bridgehead atoms. The summed E-state index contributed by atoms with van der Waals surface area (Å²) >= 11 is 0. The molecule has 2 N–H and O–H groups in total. The van der Waals surface area contributed by atoms with E-state index in [2.05, 4.69) is 54.4 Å². The summed E-state index contributed by atoms with van der Waals surface area (Å²) in [5.41, 5.74) is 11.7. The van der Waals surface area contributed by atoms with Gasteiger partial charge in [0.1, 0.15) is 0 Å². The number of pyridine rings is 1. The molecule has 0 spiro atoms. The Labute approximate surface area is 112 Å². The van der Waals surface area contributed by atoms with E-state index in [0.717, 1.165) is 11.1 Å². The topological polar surface area (TPSA) is 38.9 Å². The highest BCUT2D eigenvalue weighted by Gasteiger charge is 2.07. The molecule has 0 radical (unpaired) electrons. The van der Waals surface area contributed by atoms with Crippen LogP contribution in [0.5, 0.6) is 0 Å². The molecule has 0 amide bonds. The van der Waals surface area contributed by atoms with Gasteiger partial charge in [0, 0.05) is 18.1 Å². The molecule has 0 saturated carbocycles. The van der Waals surface area contributed by atoms with Crippen molar-refractivity contribution in [3.05, 3.63) is 65.9 Å². The van der Waals surface area contributed by atoms with Gasteiger partial charge in [0.25, 0.3) is 0 Å². The number of nitrogens with two attached hydrogens (primary N) is 1. The van der Waals surface area contributed by atoms with Crippen LogP contribution in [0.1, 0.15) is 11.1 Å². The van der Waals surface area contributed by atoms with Crippen molar-refractivity contribution in [2.75, 3.05) is 0 Å². The Balaban J connectivity index is 2.31. The zero-order valence-electron chi connectivity index (χ0n) is 10.9. The van der Waals surface area contributed by atoms with Crippen molar-refractivity contribution in [2.24, 2.45) is 5.73 Å². The van der Waals surface area contributed by atoms with Crippen molar-refractivity contribution in [1.82, 2.24) is 4.98 Å². The summed E-state index contributed by atoms with van der Waals surface area (Å²) in [4.78, 5) is 4.45. The van der Waals surface area contributed by atoms with E-state index in [9.17, 15) is 0 Å². The van der Waals surface area contributed by atoms with Crippen molar-refractivity contribution >= 4 is 10.9 Å². The van der Waals surface area contributed by atoms with Crippen LogP contribution in [0.25, 0.3) is 22.0 Å². The van der Waals surface area contributed by atoms with Gasteiger partial charge < -0.3 is 5.73 Å². The molecular formula is C17H16N2. The summed E-state index contributed by atoms with van der Waals surface area (Å²) in [7, 11) is 0. The zero-order chi connectivity index (χ0) is 13.2. The van der Waals surface area contributed by atoms with E-state index >= 15 is 0 Å². The van der Waals surface area contributed by atoms with Gasteiger partial charge in [-0.05, 0) is 41.3 Å². The second kappa shape index (κ2) is 4.82. The number of hydrogen-bond donors (Lipinski definition) is 1. The van der Waals surface area contributed by atoms with Gasteiger partial charge in [0.15, 0.2) is 0 Å². The van der Waals surface area contributed by atoms with E-state index in [1.807, 2.05) is 12.3 Å². The van der Waals surface area contributed by atoms with Crippen LogP contribution in [0.4, 0.5) is 0 Å². The molecule has 1 aromatic heterocycles. The van der Waals surface area contributed by atoms with Crippen LogP contribution >= 0.6 is 0 Å². The van der Waals surface area contributed by atoms with E-state index in [-0.39, 0.29) is 0 Å². The molecule has 2 nitrogen and oxygen atoms in total. The first-order valence-electron chi connectivity index (χ1n) is 6.43. The lowest BCUT2D eigenvalue weighted by molar-refractivity contribution is 1.07. The molecule has 0 saturated heterocycles. The molecule has 94 valence electrons. The SMILES string of the molecule is Cc1ccc2c(-c3ccccc3CN)ccnc2c1. The molecule has 2 heteroatoms. The number of aryl methyl sites for hydroxylation is 1. The first kappa shape index (κ1) is 11.9. The fraction of sp³-hybridized carbons (Fsp3) is 0.118. The summed E-state index contributed by atoms with van der Waals surface area (Å²) in [6.45, 7) is 2.63. The third-order valence-corrected chi connectivity index (χ3v) is 3.43. The van der Waals surface area contributed by atoms with Crippen molar-refractivity contribution in [3.8, 4) is 11.1 Å². The highest BCUT2D eigenvalue weighted by molar-refractivity contribution is 5.95. The second-order valence-corrected chi connectivity index (χ2v) is 4.74. The molecule has 1 heterocycles. The summed E-state index contributed by atoms with van der Waals surface area (Å²) in [6.07, 6.45) is 1.87. The minimum absolute atomic E-state index is 0.547. The second-order valence-electron chi connectivity index (χ2n) is 4.74. The average Bonchev–Trinajstić information content (AvgIpc) is 2.46. The number of fused-ring (bicyclic) bond motifs is 1. The monoisotopic (exact) mass is 248 g/mol. The Kier molecular flexibility index (Phi) is 3.02. The lowest BCUT2D eigenvalue weighted by Gasteiger charge is -2.10. The molecule has 2 aromatic carbocycles. The van der Waals surface area contributed by atoms with Crippen LogP contribution in [-0.2, 0) is 6.54 Å². The molecule has 3 aromatic rings. The molecule has 0 aliphatic carbocycles. The lowest BCUT2D eigenvalue weighted by Crippen LogP contribution is -1.99. The molecule has 0 fully saturated rings. The highest BCUT2D eigenvalue weighted by atomic mass is 14.6. The molecule has 0 unspecified atom stereocenters. The number of rotatable bonds is 2.